The van der Waals surface area contributed by atoms with Crippen molar-refractivity contribution in [3.8, 4) is 0 Å². The molecule has 0 atom stereocenters. The van der Waals surface area contributed by atoms with E-state index in [0.29, 0.717) is 0 Å². The van der Waals surface area contributed by atoms with Crippen molar-refractivity contribution in [3.05, 3.63) is 22.4 Å². The fraction of sp³-hybridized carbons (Fsp3) is 0.556. The minimum Gasteiger partial charge on any atom is -0.381 e. The van der Waals surface area contributed by atoms with Gasteiger partial charge in [0, 0.05) is 18.1 Å². The molecule has 66 valence electrons. The summed E-state index contributed by atoms with van der Waals surface area (Å²) in [6.45, 7) is 1.60. The molecule has 2 heterocycles. The van der Waals surface area contributed by atoms with Gasteiger partial charge in [0.25, 0.3) is 0 Å². The van der Waals surface area contributed by atoms with Crippen molar-refractivity contribution in [1.29, 1.82) is 0 Å². The molecule has 1 aliphatic rings. The van der Waals surface area contributed by atoms with E-state index in [1.165, 1.54) is 4.88 Å². The van der Waals surface area contributed by atoms with Crippen LogP contribution in [0.2, 0.25) is 0 Å². The molecular formula is C9H13NOS. The molecule has 0 amide bonds. The topological polar surface area (TPSA) is 35.2 Å². The Kier molecular flexibility index (Phi) is 2.17. The summed E-state index contributed by atoms with van der Waals surface area (Å²) in [6, 6.07) is 4.18. The number of ether oxygens (including phenoxy) is 1. The Bertz CT molecular complexity index is 239. The van der Waals surface area contributed by atoms with Crippen LogP contribution >= 0.6 is 11.3 Å². The highest BCUT2D eigenvalue weighted by Crippen LogP contribution is 2.31. The summed E-state index contributed by atoms with van der Waals surface area (Å²) in [7, 11) is 0. The first-order chi connectivity index (χ1) is 5.81. The second-order valence-corrected chi connectivity index (χ2v) is 4.19. The van der Waals surface area contributed by atoms with Crippen molar-refractivity contribution in [3.63, 3.8) is 0 Å². The normalized spacial score (nSPS) is 22.4. The predicted octanol–water partition coefficient (Wildman–Crippen LogP) is 1.71. The van der Waals surface area contributed by atoms with E-state index in [2.05, 4.69) is 17.5 Å². The molecule has 2 N–H and O–H groups in total. The smallest absolute Gasteiger partial charge is 0.0547 e. The standard InChI is InChI=1S/C9H13NOS/c10-9(3-5-11-6-4-9)8-2-1-7-12-8/h1-2,7H,3-6,10H2. The molecule has 0 unspecified atom stereocenters. The molecule has 12 heavy (non-hydrogen) atoms. The Morgan fingerprint density at radius 1 is 1.42 bits per heavy atom. The fourth-order valence-electron chi connectivity index (χ4n) is 1.54. The number of hydrogen-bond acceptors (Lipinski definition) is 3. The zero-order valence-electron chi connectivity index (χ0n) is 6.95. The van der Waals surface area contributed by atoms with Gasteiger partial charge in [0.2, 0.25) is 0 Å². The molecule has 3 heteroatoms. The van der Waals surface area contributed by atoms with Crippen LogP contribution in [0.3, 0.4) is 0 Å². The zero-order valence-corrected chi connectivity index (χ0v) is 7.77. The average molecular weight is 183 g/mol. The highest BCUT2D eigenvalue weighted by atomic mass is 32.1. The van der Waals surface area contributed by atoms with Crippen molar-refractivity contribution in [2.75, 3.05) is 13.2 Å². The molecule has 1 fully saturated rings. The van der Waals surface area contributed by atoms with Crippen LogP contribution in [0.15, 0.2) is 17.5 Å². The van der Waals surface area contributed by atoms with Gasteiger partial charge < -0.3 is 10.5 Å². The molecule has 1 aromatic heterocycles. The van der Waals surface area contributed by atoms with Crippen LogP contribution in [-0.2, 0) is 10.3 Å². The maximum absolute atomic E-state index is 6.26. The molecule has 1 aliphatic heterocycles. The molecule has 1 saturated heterocycles. The minimum atomic E-state index is -0.105. The third-order valence-electron chi connectivity index (χ3n) is 2.40. The van der Waals surface area contributed by atoms with Crippen LogP contribution in [0.1, 0.15) is 17.7 Å². The van der Waals surface area contributed by atoms with Crippen LogP contribution in [0.5, 0.6) is 0 Å². The van der Waals surface area contributed by atoms with Gasteiger partial charge in [0.1, 0.15) is 0 Å². The first kappa shape index (κ1) is 8.23. The summed E-state index contributed by atoms with van der Waals surface area (Å²) >= 11 is 1.75. The second-order valence-electron chi connectivity index (χ2n) is 3.25. The minimum absolute atomic E-state index is 0.105. The van der Waals surface area contributed by atoms with Crippen LogP contribution in [-0.4, -0.2) is 13.2 Å². The summed E-state index contributed by atoms with van der Waals surface area (Å²) in [5, 5.41) is 2.08. The van der Waals surface area contributed by atoms with E-state index >= 15 is 0 Å². The lowest BCUT2D eigenvalue weighted by atomic mass is 9.90. The molecule has 2 nitrogen and oxygen atoms in total. The van der Waals surface area contributed by atoms with E-state index in [-0.39, 0.29) is 5.54 Å². The summed E-state index contributed by atoms with van der Waals surface area (Å²) in [5.74, 6) is 0. The van der Waals surface area contributed by atoms with E-state index in [9.17, 15) is 0 Å². The van der Waals surface area contributed by atoms with Crippen molar-refractivity contribution < 1.29 is 4.74 Å². The van der Waals surface area contributed by atoms with E-state index in [1.807, 2.05) is 0 Å². The van der Waals surface area contributed by atoms with Gasteiger partial charge in [0.15, 0.2) is 0 Å². The van der Waals surface area contributed by atoms with E-state index < -0.39 is 0 Å². The maximum atomic E-state index is 6.26. The number of nitrogens with two attached hydrogens (primary N) is 1. The van der Waals surface area contributed by atoms with E-state index in [1.54, 1.807) is 11.3 Å². The first-order valence-electron chi connectivity index (χ1n) is 4.22. The van der Waals surface area contributed by atoms with Gasteiger partial charge in [-0.1, -0.05) is 6.07 Å². The van der Waals surface area contributed by atoms with Crippen molar-refractivity contribution in [2.24, 2.45) is 5.73 Å². The summed E-state index contributed by atoms with van der Waals surface area (Å²) in [4.78, 5) is 1.30. The van der Waals surface area contributed by atoms with Crippen LogP contribution in [0.4, 0.5) is 0 Å². The van der Waals surface area contributed by atoms with Crippen LogP contribution < -0.4 is 5.73 Å². The Morgan fingerprint density at radius 3 is 2.75 bits per heavy atom. The van der Waals surface area contributed by atoms with Crippen LogP contribution in [0, 0.1) is 0 Å². The molecule has 0 bridgehead atoms. The van der Waals surface area contributed by atoms with Gasteiger partial charge in [-0.05, 0) is 24.3 Å². The molecule has 1 aromatic rings. The Hall–Kier alpha value is -0.380. The Morgan fingerprint density at radius 2 is 2.17 bits per heavy atom. The van der Waals surface area contributed by atoms with Gasteiger partial charge >= 0.3 is 0 Å². The SMILES string of the molecule is NC1(c2cccs2)CCOCC1. The molecule has 0 aliphatic carbocycles. The third kappa shape index (κ3) is 1.40. The van der Waals surface area contributed by atoms with Crippen molar-refractivity contribution in [1.82, 2.24) is 0 Å². The lowest BCUT2D eigenvalue weighted by Crippen LogP contribution is -2.41. The van der Waals surface area contributed by atoms with Gasteiger partial charge in [-0.2, -0.15) is 0 Å². The molecule has 0 aromatic carbocycles. The third-order valence-corrected chi connectivity index (χ3v) is 3.49. The monoisotopic (exact) mass is 183 g/mol. The quantitative estimate of drug-likeness (QED) is 0.719. The summed E-state index contributed by atoms with van der Waals surface area (Å²) in [5.41, 5.74) is 6.15. The largest absolute Gasteiger partial charge is 0.381 e. The van der Waals surface area contributed by atoms with Gasteiger partial charge in [-0.3, -0.25) is 0 Å². The van der Waals surface area contributed by atoms with Crippen molar-refractivity contribution in [2.45, 2.75) is 18.4 Å². The number of rotatable bonds is 1. The van der Waals surface area contributed by atoms with Gasteiger partial charge in [-0.15, -0.1) is 11.3 Å². The van der Waals surface area contributed by atoms with Gasteiger partial charge in [-0.25, -0.2) is 0 Å². The maximum Gasteiger partial charge on any atom is 0.0547 e. The zero-order chi connectivity index (χ0) is 8.44. The highest BCUT2D eigenvalue weighted by molar-refractivity contribution is 7.10. The van der Waals surface area contributed by atoms with E-state index in [4.69, 9.17) is 10.5 Å². The van der Waals surface area contributed by atoms with Crippen LogP contribution in [0.25, 0.3) is 0 Å². The number of thiophene rings is 1. The lowest BCUT2D eigenvalue weighted by Gasteiger charge is -2.32. The van der Waals surface area contributed by atoms with Gasteiger partial charge in [0.05, 0.1) is 5.54 Å². The molecule has 0 spiro atoms. The lowest BCUT2D eigenvalue weighted by molar-refractivity contribution is 0.0534. The Labute approximate surface area is 76.3 Å². The highest BCUT2D eigenvalue weighted by Gasteiger charge is 2.30. The number of hydrogen-bond donors (Lipinski definition) is 1. The Balaban J connectivity index is 2.19. The fourth-order valence-corrected chi connectivity index (χ4v) is 2.44. The molecule has 0 saturated carbocycles. The summed E-state index contributed by atoms with van der Waals surface area (Å²) < 4.78 is 5.29. The second kappa shape index (κ2) is 3.17. The average Bonchev–Trinajstić information content (AvgIpc) is 2.58. The van der Waals surface area contributed by atoms with Crippen molar-refractivity contribution >= 4 is 11.3 Å². The van der Waals surface area contributed by atoms with E-state index in [0.717, 1.165) is 26.1 Å². The molecule has 0 radical (unpaired) electrons. The molecular weight excluding hydrogens is 170 g/mol. The summed E-state index contributed by atoms with van der Waals surface area (Å²) in [6.07, 6.45) is 1.90. The molecule has 2 rings (SSSR count). The predicted molar refractivity (Wildman–Crippen MR) is 50.2 cm³/mol. The first-order valence-corrected chi connectivity index (χ1v) is 5.10.